The van der Waals surface area contributed by atoms with Crippen LogP contribution < -0.4 is 10.6 Å². The van der Waals surface area contributed by atoms with Gasteiger partial charge in [-0.25, -0.2) is 8.78 Å². The largest absolute Gasteiger partial charge is 0.397 e. The Morgan fingerprint density at radius 1 is 1.33 bits per heavy atom. The fraction of sp³-hybridized carbons (Fsp3) is 0.455. The lowest BCUT2D eigenvalue weighted by Gasteiger charge is -2.20. The van der Waals surface area contributed by atoms with Gasteiger partial charge in [0.25, 0.3) is 0 Å². The van der Waals surface area contributed by atoms with Gasteiger partial charge in [-0.1, -0.05) is 12.1 Å². The number of nitrogen functional groups attached to an aromatic ring is 1. The Labute approximate surface area is 87.7 Å². The second-order valence-electron chi connectivity index (χ2n) is 3.89. The second kappa shape index (κ2) is 4.04. The van der Waals surface area contributed by atoms with Crippen LogP contribution in [0.5, 0.6) is 0 Å². The Kier molecular flexibility index (Phi) is 2.75. The van der Waals surface area contributed by atoms with Crippen molar-refractivity contribution in [3.63, 3.8) is 0 Å². The summed E-state index contributed by atoms with van der Waals surface area (Å²) >= 11 is 0. The second-order valence-corrected chi connectivity index (χ2v) is 3.89. The highest BCUT2D eigenvalue weighted by atomic mass is 19.3. The van der Waals surface area contributed by atoms with Gasteiger partial charge in [-0.15, -0.1) is 0 Å². The van der Waals surface area contributed by atoms with Gasteiger partial charge in [-0.2, -0.15) is 0 Å². The third-order valence-corrected chi connectivity index (χ3v) is 2.86. The van der Waals surface area contributed by atoms with Crippen molar-refractivity contribution in [3.8, 4) is 0 Å². The summed E-state index contributed by atoms with van der Waals surface area (Å²) in [6.07, 6.45) is -1.67. The SMILES string of the molecule is Nc1ccccc1N1CCC(C(F)F)C1. The summed E-state index contributed by atoms with van der Waals surface area (Å²) in [5, 5.41) is 0. The molecule has 2 N–H and O–H groups in total. The number of alkyl halides is 2. The van der Waals surface area contributed by atoms with E-state index >= 15 is 0 Å². The number of halogens is 2. The van der Waals surface area contributed by atoms with Crippen LogP contribution in [0, 0.1) is 5.92 Å². The molecule has 1 fully saturated rings. The third kappa shape index (κ3) is 2.03. The van der Waals surface area contributed by atoms with Gasteiger partial charge in [0.05, 0.1) is 11.4 Å². The van der Waals surface area contributed by atoms with Gasteiger partial charge in [-0.3, -0.25) is 0 Å². The predicted octanol–water partition coefficient (Wildman–Crippen LogP) is 2.36. The maximum absolute atomic E-state index is 12.5. The van der Waals surface area contributed by atoms with E-state index in [1.165, 1.54) is 0 Å². The molecule has 1 saturated heterocycles. The van der Waals surface area contributed by atoms with Gasteiger partial charge in [0, 0.05) is 19.0 Å². The van der Waals surface area contributed by atoms with Crippen molar-refractivity contribution in [1.29, 1.82) is 0 Å². The first-order chi connectivity index (χ1) is 7.18. The van der Waals surface area contributed by atoms with E-state index in [-0.39, 0.29) is 0 Å². The summed E-state index contributed by atoms with van der Waals surface area (Å²) in [5.74, 6) is -0.510. The molecule has 0 spiro atoms. The minimum absolute atomic E-state index is 0.409. The molecule has 0 bridgehead atoms. The molecule has 1 heterocycles. The zero-order chi connectivity index (χ0) is 10.8. The molecule has 1 aromatic carbocycles. The zero-order valence-corrected chi connectivity index (χ0v) is 8.37. The Bertz CT molecular complexity index is 341. The lowest BCUT2D eigenvalue weighted by Crippen LogP contribution is -2.22. The molecule has 0 amide bonds. The molecule has 1 unspecified atom stereocenters. The molecule has 2 nitrogen and oxygen atoms in total. The average Bonchev–Trinajstić information content (AvgIpc) is 2.67. The first-order valence-corrected chi connectivity index (χ1v) is 5.06. The van der Waals surface area contributed by atoms with Crippen molar-refractivity contribution >= 4 is 11.4 Å². The normalized spacial score (nSPS) is 21.3. The highest BCUT2D eigenvalue weighted by molar-refractivity contribution is 5.67. The Morgan fingerprint density at radius 3 is 2.67 bits per heavy atom. The molecule has 1 aliphatic heterocycles. The highest BCUT2D eigenvalue weighted by Gasteiger charge is 2.30. The van der Waals surface area contributed by atoms with Crippen molar-refractivity contribution in [3.05, 3.63) is 24.3 Å². The van der Waals surface area contributed by atoms with Crippen molar-refractivity contribution < 1.29 is 8.78 Å². The van der Waals surface area contributed by atoms with E-state index in [0.717, 1.165) is 5.69 Å². The highest BCUT2D eigenvalue weighted by Crippen LogP contribution is 2.30. The molecule has 2 rings (SSSR count). The van der Waals surface area contributed by atoms with Gasteiger partial charge in [0.1, 0.15) is 0 Å². The van der Waals surface area contributed by atoms with E-state index in [1.54, 1.807) is 6.07 Å². The number of benzene rings is 1. The fourth-order valence-corrected chi connectivity index (χ4v) is 1.99. The first-order valence-electron chi connectivity index (χ1n) is 5.06. The monoisotopic (exact) mass is 212 g/mol. The molecule has 0 aliphatic carbocycles. The number of anilines is 2. The zero-order valence-electron chi connectivity index (χ0n) is 8.37. The molecule has 0 saturated carbocycles. The van der Waals surface area contributed by atoms with Gasteiger partial charge < -0.3 is 10.6 Å². The molecular formula is C11H14F2N2. The molecule has 0 radical (unpaired) electrons. The average molecular weight is 212 g/mol. The number of hydrogen-bond acceptors (Lipinski definition) is 2. The van der Waals surface area contributed by atoms with E-state index < -0.39 is 12.3 Å². The lowest BCUT2D eigenvalue weighted by atomic mass is 10.1. The molecule has 4 heteroatoms. The smallest absolute Gasteiger partial charge is 0.243 e. The van der Waals surface area contributed by atoms with Crippen molar-refractivity contribution in [2.75, 3.05) is 23.7 Å². The standard InChI is InChI=1S/C11H14F2N2/c12-11(13)8-5-6-15(7-8)10-4-2-1-3-9(10)14/h1-4,8,11H,5-7,14H2. The van der Waals surface area contributed by atoms with Crippen LogP contribution in [0.15, 0.2) is 24.3 Å². The molecule has 82 valence electrons. The molecular weight excluding hydrogens is 198 g/mol. The summed E-state index contributed by atoms with van der Waals surface area (Å²) in [7, 11) is 0. The van der Waals surface area contributed by atoms with Crippen LogP contribution in [0.2, 0.25) is 0 Å². The van der Waals surface area contributed by atoms with Crippen molar-refractivity contribution in [2.45, 2.75) is 12.8 Å². The van der Waals surface area contributed by atoms with E-state index in [1.807, 2.05) is 23.1 Å². The van der Waals surface area contributed by atoms with Crippen LogP contribution in [-0.4, -0.2) is 19.5 Å². The van der Waals surface area contributed by atoms with Crippen molar-refractivity contribution in [1.82, 2.24) is 0 Å². The third-order valence-electron chi connectivity index (χ3n) is 2.86. The number of nitrogens with zero attached hydrogens (tertiary/aromatic N) is 1. The Hall–Kier alpha value is -1.32. The quantitative estimate of drug-likeness (QED) is 0.762. The van der Waals surface area contributed by atoms with Crippen LogP contribution in [0.1, 0.15) is 6.42 Å². The Morgan fingerprint density at radius 2 is 2.07 bits per heavy atom. The first kappa shape index (κ1) is 10.2. The van der Waals surface area contributed by atoms with E-state index in [2.05, 4.69) is 0 Å². The number of nitrogens with two attached hydrogens (primary N) is 1. The number of rotatable bonds is 2. The minimum Gasteiger partial charge on any atom is -0.397 e. The van der Waals surface area contributed by atoms with Gasteiger partial charge in [0.15, 0.2) is 0 Å². The van der Waals surface area contributed by atoms with Crippen molar-refractivity contribution in [2.24, 2.45) is 5.92 Å². The number of hydrogen-bond donors (Lipinski definition) is 1. The summed E-state index contributed by atoms with van der Waals surface area (Å²) in [6.45, 7) is 1.08. The van der Waals surface area contributed by atoms with Crippen LogP contribution in [-0.2, 0) is 0 Å². The molecule has 1 aromatic rings. The summed E-state index contributed by atoms with van der Waals surface area (Å²) < 4.78 is 24.9. The van der Waals surface area contributed by atoms with Crippen LogP contribution in [0.25, 0.3) is 0 Å². The van der Waals surface area contributed by atoms with E-state index in [9.17, 15) is 8.78 Å². The summed E-state index contributed by atoms with van der Waals surface area (Å²) in [5.41, 5.74) is 7.33. The fourth-order valence-electron chi connectivity index (χ4n) is 1.99. The minimum atomic E-state index is -2.22. The maximum atomic E-state index is 12.5. The van der Waals surface area contributed by atoms with Crippen LogP contribution >= 0.6 is 0 Å². The number of para-hydroxylation sites is 2. The molecule has 0 aromatic heterocycles. The van der Waals surface area contributed by atoms with Crippen LogP contribution in [0.4, 0.5) is 20.2 Å². The van der Waals surface area contributed by atoms with Gasteiger partial charge in [0.2, 0.25) is 6.43 Å². The molecule has 1 aliphatic rings. The lowest BCUT2D eigenvalue weighted by molar-refractivity contribution is 0.0880. The topological polar surface area (TPSA) is 29.3 Å². The maximum Gasteiger partial charge on any atom is 0.243 e. The summed E-state index contributed by atoms with van der Waals surface area (Å²) in [4.78, 5) is 1.94. The molecule has 1 atom stereocenters. The van der Waals surface area contributed by atoms with E-state index in [4.69, 9.17) is 5.73 Å². The van der Waals surface area contributed by atoms with Gasteiger partial charge in [-0.05, 0) is 18.6 Å². The Balaban J connectivity index is 2.11. The van der Waals surface area contributed by atoms with Crippen LogP contribution in [0.3, 0.4) is 0 Å². The van der Waals surface area contributed by atoms with E-state index in [0.29, 0.717) is 25.2 Å². The summed E-state index contributed by atoms with van der Waals surface area (Å²) in [6, 6.07) is 7.40. The predicted molar refractivity (Wildman–Crippen MR) is 57.2 cm³/mol. The molecule has 15 heavy (non-hydrogen) atoms. The van der Waals surface area contributed by atoms with Gasteiger partial charge >= 0.3 is 0 Å².